The maximum Gasteiger partial charge on any atom is 0.204 e. The number of ether oxygens (including phenoxy) is 1. The van der Waals surface area contributed by atoms with Crippen LogP contribution in [0.5, 0.6) is 5.75 Å². The number of hydrogen-bond donors (Lipinski definition) is 2. The first kappa shape index (κ1) is 12.9. The van der Waals surface area contributed by atoms with Crippen molar-refractivity contribution in [2.45, 2.75) is 25.3 Å². The third-order valence-corrected chi connectivity index (χ3v) is 3.34. The molecule has 0 spiro atoms. The molecule has 1 unspecified atom stereocenters. The number of rotatable bonds is 4. The number of piperidine rings is 1. The van der Waals surface area contributed by atoms with Crippen LogP contribution in [-0.2, 0) is 0 Å². The zero-order valence-electron chi connectivity index (χ0n) is 10.9. The second kappa shape index (κ2) is 5.86. The van der Waals surface area contributed by atoms with Crippen LogP contribution < -0.4 is 15.0 Å². The molecule has 1 aromatic rings. The van der Waals surface area contributed by atoms with Crippen LogP contribution in [0.25, 0.3) is 0 Å². The van der Waals surface area contributed by atoms with Gasteiger partial charge < -0.3 is 20.1 Å². The van der Waals surface area contributed by atoms with Crippen LogP contribution in [0, 0.1) is 0 Å². The van der Waals surface area contributed by atoms with Crippen LogP contribution in [0.3, 0.4) is 0 Å². The van der Waals surface area contributed by atoms with Gasteiger partial charge >= 0.3 is 0 Å². The fraction of sp³-hybridized carbons (Fsp3) is 0.667. The first-order chi connectivity index (χ1) is 8.81. The Kier molecular flexibility index (Phi) is 4.19. The Bertz CT molecular complexity index is 400. The summed E-state index contributed by atoms with van der Waals surface area (Å²) in [5.41, 5.74) is 0. The van der Waals surface area contributed by atoms with Crippen molar-refractivity contribution in [2.75, 3.05) is 37.5 Å². The summed E-state index contributed by atoms with van der Waals surface area (Å²) in [5, 5.41) is 12.5. The lowest BCUT2D eigenvalue weighted by atomic mass is 10.0. The highest BCUT2D eigenvalue weighted by Gasteiger charge is 2.26. The fourth-order valence-corrected chi connectivity index (χ4v) is 2.40. The predicted octanol–water partition coefficient (Wildman–Crippen LogP) is 0.878. The van der Waals surface area contributed by atoms with Crippen LogP contribution >= 0.6 is 0 Å². The molecule has 0 bridgehead atoms. The molecule has 1 atom stereocenters. The summed E-state index contributed by atoms with van der Waals surface area (Å²) in [6.45, 7) is 1.03. The molecule has 100 valence electrons. The number of hydrogen-bond acceptors (Lipinski definition) is 6. The topological polar surface area (TPSA) is 70.5 Å². The van der Waals surface area contributed by atoms with Crippen molar-refractivity contribution in [3.63, 3.8) is 0 Å². The second-order valence-corrected chi connectivity index (χ2v) is 4.35. The summed E-state index contributed by atoms with van der Waals surface area (Å²) < 4.78 is 5.40. The molecular weight excluding hydrogens is 232 g/mol. The lowest BCUT2D eigenvalue weighted by molar-refractivity contribution is 0.238. The van der Waals surface area contributed by atoms with Gasteiger partial charge in [-0.05, 0) is 19.3 Å². The highest BCUT2D eigenvalue weighted by molar-refractivity contribution is 5.65. The molecule has 0 aromatic carbocycles. The number of anilines is 2. The Hall–Kier alpha value is -1.56. The van der Waals surface area contributed by atoms with Crippen LogP contribution in [0.4, 0.5) is 11.6 Å². The van der Waals surface area contributed by atoms with E-state index >= 15 is 0 Å². The van der Waals surface area contributed by atoms with Crippen molar-refractivity contribution in [3.05, 3.63) is 6.33 Å². The van der Waals surface area contributed by atoms with Gasteiger partial charge in [0.2, 0.25) is 5.75 Å². The third-order valence-electron chi connectivity index (χ3n) is 3.34. The Balaban J connectivity index is 2.36. The quantitative estimate of drug-likeness (QED) is 0.829. The molecule has 6 heteroatoms. The van der Waals surface area contributed by atoms with Crippen molar-refractivity contribution in [1.82, 2.24) is 9.97 Å². The van der Waals surface area contributed by atoms with Gasteiger partial charge in [-0.2, -0.15) is 0 Å². The Morgan fingerprint density at radius 3 is 3.00 bits per heavy atom. The standard InChI is InChI=1S/C12H20N4O2/c1-13-11-10(18-2)12(15-8-14-11)16-6-4-3-5-9(16)7-17/h8-9,17H,3-7H2,1-2H3,(H,13,14,15). The normalized spacial score (nSPS) is 19.7. The first-order valence-corrected chi connectivity index (χ1v) is 6.26. The van der Waals surface area contributed by atoms with Crippen molar-refractivity contribution in [3.8, 4) is 5.75 Å². The number of nitrogens with one attached hydrogen (secondary N) is 1. The second-order valence-electron chi connectivity index (χ2n) is 4.35. The van der Waals surface area contributed by atoms with Crippen LogP contribution in [0.1, 0.15) is 19.3 Å². The zero-order chi connectivity index (χ0) is 13.0. The lowest BCUT2D eigenvalue weighted by Crippen LogP contribution is -2.42. The van der Waals surface area contributed by atoms with Gasteiger partial charge in [0.25, 0.3) is 0 Å². The van der Waals surface area contributed by atoms with E-state index in [4.69, 9.17) is 4.74 Å². The van der Waals surface area contributed by atoms with Gasteiger partial charge in [-0.15, -0.1) is 0 Å². The molecule has 0 aliphatic carbocycles. The molecule has 1 saturated heterocycles. The van der Waals surface area contributed by atoms with E-state index in [0.29, 0.717) is 11.6 Å². The third kappa shape index (κ3) is 2.33. The Morgan fingerprint density at radius 1 is 1.50 bits per heavy atom. The summed E-state index contributed by atoms with van der Waals surface area (Å²) in [6, 6.07) is 0.118. The van der Waals surface area contributed by atoms with Crippen molar-refractivity contribution in [1.29, 1.82) is 0 Å². The maximum atomic E-state index is 9.47. The number of methoxy groups -OCH3 is 1. The average molecular weight is 252 g/mol. The smallest absolute Gasteiger partial charge is 0.204 e. The Labute approximate surface area is 107 Å². The summed E-state index contributed by atoms with van der Waals surface area (Å²) in [6.07, 6.45) is 4.76. The molecule has 2 rings (SSSR count). The predicted molar refractivity (Wildman–Crippen MR) is 70.2 cm³/mol. The molecule has 1 fully saturated rings. The summed E-state index contributed by atoms with van der Waals surface area (Å²) >= 11 is 0. The van der Waals surface area contributed by atoms with E-state index in [1.54, 1.807) is 14.2 Å². The molecule has 18 heavy (non-hydrogen) atoms. The van der Waals surface area contributed by atoms with Crippen molar-refractivity contribution < 1.29 is 9.84 Å². The van der Waals surface area contributed by atoms with E-state index in [1.807, 2.05) is 0 Å². The molecular formula is C12H20N4O2. The van der Waals surface area contributed by atoms with Gasteiger partial charge in [0.05, 0.1) is 19.8 Å². The van der Waals surface area contributed by atoms with Gasteiger partial charge in [0, 0.05) is 13.6 Å². The van der Waals surface area contributed by atoms with E-state index in [-0.39, 0.29) is 12.6 Å². The molecule has 0 saturated carbocycles. The molecule has 0 radical (unpaired) electrons. The lowest BCUT2D eigenvalue weighted by Gasteiger charge is -2.36. The summed E-state index contributed by atoms with van der Waals surface area (Å²) in [4.78, 5) is 10.6. The molecule has 1 aromatic heterocycles. The van der Waals surface area contributed by atoms with Crippen LogP contribution in [0.2, 0.25) is 0 Å². The number of nitrogens with zero attached hydrogens (tertiary/aromatic N) is 3. The molecule has 6 nitrogen and oxygen atoms in total. The van der Waals surface area contributed by atoms with E-state index in [2.05, 4.69) is 20.2 Å². The largest absolute Gasteiger partial charge is 0.490 e. The molecule has 1 aliphatic heterocycles. The maximum absolute atomic E-state index is 9.47. The molecule has 2 N–H and O–H groups in total. The van der Waals surface area contributed by atoms with Crippen LogP contribution in [0.15, 0.2) is 6.33 Å². The van der Waals surface area contributed by atoms with Crippen molar-refractivity contribution in [2.24, 2.45) is 0 Å². The van der Waals surface area contributed by atoms with Gasteiger partial charge in [0.15, 0.2) is 11.6 Å². The fourth-order valence-electron chi connectivity index (χ4n) is 2.40. The molecule has 0 amide bonds. The SMILES string of the molecule is CNc1ncnc(N2CCCCC2CO)c1OC. The van der Waals surface area contributed by atoms with E-state index in [1.165, 1.54) is 6.33 Å². The minimum absolute atomic E-state index is 0.118. The molecule has 1 aliphatic rings. The zero-order valence-corrected chi connectivity index (χ0v) is 10.9. The molecule has 2 heterocycles. The monoisotopic (exact) mass is 252 g/mol. The van der Waals surface area contributed by atoms with Crippen LogP contribution in [-0.4, -0.2) is 48.4 Å². The number of aliphatic hydroxyl groups is 1. The average Bonchev–Trinajstić information content (AvgIpc) is 2.46. The highest BCUT2D eigenvalue weighted by atomic mass is 16.5. The summed E-state index contributed by atoms with van der Waals surface area (Å²) in [5.74, 6) is 2.07. The van der Waals surface area contributed by atoms with E-state index in [9.17, 15) is 5.11 Å². The van der Waals surface area contributed by atoms with Gasteiger partial charge in [-0.25, -0.2) is 9.97 Å². The Morgan fingerprint density at radius 2 is 2.33 bits per heavy atom. The van der Waals surface area contributed by atoms with Gasteiger partial charge in [-0.1, -0.05) is 0 Å². The first-order valence-electron chi connectivity index (χ1n) is 6.26. The number of aliphatic hydroxyl groups excluding tert-OH is 1. The van der Waals surface area contributed by atoms with Crippen molar-refractivity contribution >= 4 is 11.6 Å². The highest BCUT2D eigenvalue weighted by Crippen LogP contribution is 2.34. The van der Waals surface area contributed by atoms with E-state index in [0.717, 1.165) is 31.6 Å². The van der Waals surface area contributed by atoms with Gasteiger partial charge in [-0.3, -0.25) is 0 Å². The minimum Gasteiger partial charge on any atom is -0.490 e. The minimum atomic E-state index is 0.118. The summed E-state index contributed by atoms with van der Waals surface area (Å²) in [7, 11) is 3.41. The van der Waals surface area contributed by atoms with Gasteiger partial charge in [0.1, 0.15) is 6.33 Å². The van der Waals surface area contributed by atoms with E-state index < -0.39 is 0 Å². The number of aromatic nitrogens is 2.